The van der Waals surface area contributed by atoms with Crippen molar-refractivity contribution in [3.63, 3.8) is 0 Å². The number of hydrogen-bond acceptors (Lipinski definition) is 3. The number of rotatable bonds is 4. The smallest absolute Gasteiger partial charge is 0.261 e. The van der Waals surface area contributed by atoms with Gasteiger partial charge in [-0.15, -0.1) is 0 Å². The molecule has 0 aliphatic carbocycles. The monoisotopic (exact) mass is 344 g/mol. The lowest BCUT2D eigenvalue weighted by atomic mass is 10.2. The molecule has 0 atom stereocenters. The van der Waals surface area contributed by atoms with Gasteiger partial charge in [-0.25, -0.2) is 0 Å². The SMILES string of the molecule is CC(C)N1CCN(C(=O)COc2ccc(Cl)cc2Cl)CC1=O. The summed E-state index contributed by atoms with van der Waals surface area (Å²) < 4.78 is 5.41. The molecule has 1 aromatic carbocycles. The number of piperazine rings is 1. The predicted octanol–water partition coefficient (Wildman–Crippen LogP) is 2.45. The molecule has 1 heterocycles. The lowest BCUT2D eigenvalue weighted by molar-refractivity contribution is -0.147. The number of ether oxygens (including phenoxy) is 1. The van der Waals surface area contributed by atoms with Crippen LogP contribution in [0.1, 0.15) is 13.8 Å². The molecule has 0 bridgehead atoms. The van der Waals surface area contributed by atoms with Crippen LogP contribution in [0.25, 0.3) is 0 Å². The Bertz CT molecular complexity index is 578. The lowest BCUT2D eigenvalue weighted by Gasteiger charge is -2.36. The van der Waals surface area contributed by atoms with Gasteiger partial charge in [0, 0.05) is 24.2 Å². The lowest BCUT2D eigenvalue weighted by Crippen LogP contribution is -2.55. The van der Waals surface area contributed by atoms with Crippen LogP contribution in [-0.2, 0) is 9.59 Å². The van der Waals surface area contributed by atoms with Gasteiger partial charge in [0.2, 0.25) is 5.91 Å². The molecule has 0 unspecified atom stereocenters. The maximum atomic E-state index is 12.1. The van der Waals surface area contributed by atoms with Gasteiger partial charge in [-0.05, 0) is 32.0 Å². The number of carbonyl (C=O) groups excluding carboxylic acids is 2. The van der Waals surface area contributed by atoms with Crippen LogP contribution in [0.5, 0.6) is 5.75 Å². The molecule has 22 heavy (non-hydrogen) atoms. The first-order valence-corrected chi connectivity index (χ1v) is 7.79. The van der Waals surface area contributed by atoms with Gasteiger partial charge in [-0.2, -0.15) is 0 Å². The van der Waals surface area contributed by atoms with Gasteiger partial charge < -0.3 is 14.5 Å². The third kappa shape index (κ3) is 4.05. The van der Waals surface area contributed by atoms with E-state index in [9.17, 15) is 9.59 Å². The Hall–Kier alpha value is -1.46. The molecule has 7 heteroatoms. The number of halogens is 2. The van der Waals surface area contributed by atoms with Crippen molar-refractivity contribution in [3.05, 3.63) is 28.2 Å². The minimum Gasteiger partial charge on any atom is -0.482 e. The topological polar surface area (TPSA) is 49.9 Å². The van der Waals surface area contributed by atoms with E-state index in [4.69, 9.17) is 27.9 Å². The Kier molecular flexibility index (Phi) is 5.53. The molecule has 0 saturated carbocycles. The molecule has 0 spiro atoms. The van der Waals surface area contributed by atoms with Gasteiger partial charge in [0.15, 0.2) is 6.61 Å². The third-order valence-corrected chi connectivity index (χ3v) is 4.01. The highest BCUT2D eigenvalue weighted by Crippen LogP contribution is 2.27. The summed E-state index contributed by atoms with van der Waals surface area (Å²) in [5, 5.41) is 0.847. The summed E-state index contributed by atoms with van der Waals surface area (Å²) in [6, 6.07) is 4.94. The molecule has 0 aromatic heterocycles. The summed E-state index contributed by atoms with van der Waals surface area (Å²) in [4.78, 5) is 27.4. The quantitative estimate of drug-likeness (QED) is 0.842. The first kappa shape index (κ1) is 16.9. The molecule has 2 rings (SSSR count). The van der Waals surface area contributed by atoms with Crippen LogP contribution in [-0.4, -0.2) is 53.9 Å². The predicted molar refractivity (Wildman–Crippen MR) is 85.4 cm³/mol. The molecule has 0 radical (unpaired) electrons. The molecular formula is C15H18Cl2N2O3. The minimum atomic E-state index is -0.234. The Morgan fingerprint density at radius 2 is 2.05 bits per heavy atom. The fourth-order valence-corrected chi connectivity index (χ4v) is 2.73. The maximum Gasteiger partial charge on any atom is 0.261 e. The van der Waals surface area contributed by atoms with E-state index >= 15 is 0 Å². The van der Waals surface area contributed by atoms with Gasteiger partial charge in [-0.1, -0.05) is 23.2 Å². The molecule has 120 valence electrons. The van der Waals surface area contributed by atoms with Crippen LogP contribution in [0.3, 0.4) is 0 Å². The Balaban J connectivity index is 1.89. The minimum absolute atomic E-state index is 0.0425. The van der Waals surface area contributed by atoms with Gasteiger partial charge in [-0.3, -0.25) is 9.59 Å². The van der Waals surface area contributed by atoms with Gasteiger partial charge >= 0.3 is 0 Å². The Morgan fingerprint density at radius 1 is 1.32 bits per heavy atom. The second-order valence-electron chi connectivity index (χ2n) is 5.36. The molecule has 1 aliphatic heterocycles. The summed E-state index contributed by atoms with van der Waals surface area (Å²) in [7, 11) is 0. The van der Waals surface area contributed by atoms with Gasteiger partial charge in [0.1, 0.15) is 5.75 Å². The van der Waals surface area contributed by atoms with E-state index in [-0.39, 0.29) is 31.0 Å². The molecule has 5 nitrogen and oxygen atoms in total. The summed E-state index contributed by atoms with van der Waals surface area (Å²) >= 11 is 11.8. The maximum absolute atomic E-state index is 12.1. The molecular weight excluding hydrogens is 327 g/mol. The average molecular weight is 345 g/mol. The number of hydrogen-bond donors (Lipinski definition) is 0. The van der Waals surface area contributed by atoms with E-state index in [1.165, 1.54) is 4.90 Å². The fraction of sp³-hybridized carbons (Fsp3) is 0.467. The standard InChI is InChI=1S/C15H18Cl2N2O3/c1-10(2)19-6-5-18(8-14(19)20)15(21)9-22-13-4-3-11(16)7-12(13)17/h3-4,7,10H,5-6,8-9H2,1-2H3. The fourth-order valence-electron chi connectivity index (χ4n) is 2.27. The van der Waals surface area contributed by atoms with E-state index < -0.39 is 0 Å². The van der Waals surface area contributed by atoms with E-state index in [1.807, 2.05) is 13.8 Å². The van der Waals surface area contributed by atoms with E-state index in [1.54, 1.807) is 23.1 Å². The zero-order chi connectivity index (χ0) is 16.3. The van der Waals surface area contributed by atoms with Crippen molar-refractivity contribution in [2.45, 2.75) is 19.9 Å². The zero-order valence-corrected chi connectivity index (χ0v) is 14.0. The highest BCUT2D eigenvalue weighted by atomic mass is 35.5. The van der Waals surface area contributed by atoms with Crippen molar-refractivity contribution in [1.29, 1.82) is 0 Å². The van der Waals surface area contributed by atoms with E-state index in [2.05, 4.69) is 0 Å². The largest absolute Gasteiger partial charge is 0.482 e. The van der Waals surface area contributed by atoms with Crippen molar-refractivity contribution >= 4 is 35.0 Å². The molecule has 1 aromatic rings. The Morgan fingerprint density at radius 3 is 2.64 bits per heavy atom. The highest BCUT2D eigenvalue weighted by molar-refractivity contribution is 6.35. The first-order chi connectivity index (χ1) is 10.4. The molecule has 0 N–H and O–H groups in total. The van der Waals surface area contributed by atoms with Crippen LogP contribution in [0.4, 0.5) is 0 Å². The normalized spacial score (nSPS) is 15.4. The average Bonchev–Trinajstić information content (AvgIpc) is 2.45. The summed E-state index contributed by atoms with van der Waals surface area (Å²) in [6.45, 7) is 4.91. The third-order valence-electron chi connectivity index (χ3n) is 3.48. The number of benzene rings is 1. The van der Waals surface area contributed by atoms with Gasteiger partial charge in [0.25, 0.3) is 5.91 Å². The second-order valence-corrected chi connectivity index (χ2v) is 6.20. The van der Waals surface area contributed by atoms with Crippen molar-refractivity contribution in [2.24, 2.45) is 0 Å². The van der Waals surface area contributed by atoms with Gasteiger partial charge in [0.05, 0.1) is 11.6 Å². The van der Waals surface area contributed by atoms with Crippen molar-refractivity contribution < 1.29 is 14.3 Å². The summed E-state index contributed by atoms with van der Waals surface area (Å²) in [6.07, 6.45) is 0. The van der Waals surface area contributed by atoms with E-state index in [0.717, 1.165) is 0 Å². The summed E-state index contributed by atoms with van der Waals surface area (Å²) in [5.74, 6) is 0.119. The van der Waals surface area contributed by atoms with Crippen LogP contribution in [0, 0.1) is 0 Å². The van der Waals surface area contributed by atoms with Crippen molar-refractivity contribution in [3.8, 4) is 5.75 Å². The highest BCUT2D eigenvalue weighted by Gasteiger charge is 2.28. The number of nitrogens with zero attached hydrogens (tertiary/aromatic N) is 2. The molecule has 1 saturated heterocycles. The zero-order valence-electron chi connectivity index (χ0n) is 12.5. The number of amides is 2. The summed E-state index contributed by atoms with van der Waals surface area (Å²) in [5.41, 5.74) is 0. The van der Waals surface area contributed by atoms with Crippen LogP contribution in [0.2, 0.25) is 10.0 Å². The van der Waals surface area contributed by atoms with Crippen LogP contribution >= 0.6 is 23.2 Å². The molecule has 1 fully saturated rings. The number of carbonyl (C=O) groups is 2. The van der Waals surface area contributed by atoms with Crippen LogP contribution < -0.4 is 4.74 Å². The second kappa shape index (κ2) is 7.20. The molecule has 1 aliphatic rings. The first-order valence-electron chi connectivity index (χ1n) is 7.03. The van der Waals surface area contributed by atoms with Crippen LogP contribution in [0.15, 0.2) is 18.2 Å². The van der Waals surface area contributed by atoms with Crippen molar-refractivity contribution in [1.82, 2.24) is 9.80 Å². The Labute approximate surface area is 139 Å². The molecule has 2 amide bonds. The van der Waals surface area contributed by atoms with E-state index in [0.29, 0.717) is 28.9 Å². The van der Waals surface area contributed by atoms with Crippen molar-refractivity contribution in [2.75, 3.05) is 26.2 Å².